The van der Waals surface area contributed by atoms with Crippen molar-refractivity contribution in [2.75, 3.05) is 0 Å². The van der Waals surface area contributed by atoms with Crippen LogP contribution in [0.15, 0.2) is 12.1 Å². The first-order valence-electron chi connectivity index (χ1n) is 2.74. The molecule has 0 aromatic heterocycles. The van der Waals surface area contributed by atoms with E-state index < -0.39 is 22.9 Å². The van der Waals surface area contributed by atoms with Crippen molar-refractivity contribution in [1.82, 2.24) is 0 Å². The Labute approximate surface area is 61.3 Å². The molecule has 1 rings (SSSR count). The predicted octanol–water partition coefficient (Wildman–Crippen LogP) is 1.54. The summed E-state index contributed by atoms with van der Waals surface area (Å²) in [5, 5.41) is 16.8. The highest BCUT2D eigenvalue weighted by Crippen LogP contribution is 2.20. The van der Waals surface area contributed by atoms with Crippen molar-refractivity contribution >= 4 is 0 Å². The molecule has 56 valence electrons. The van der Waals surface area contributed by atoms with Gasteiger partial charge in [0.1, 0.15) is 17.4 Å². The molecule has 0 saturated carbocycles. The molecule has 0 aliphatic carbocycles. The molecule has 1 aromatic carbocycles. The summed E-state index contributed by atoms with van der Waals surface area (Å²) in [6, 6.07) is 2.98. The van der Waals surface area contributed by atoms with Crippen LogP contribution in [0.25, 0.3) is 0 Å². The lowest BCUT2D eigenvalue weighted by atomic mass is 10.2. The largest absolute Gasteiger partial charge is 0.505 e. The zero-order valence-electron chi connectivity index (χ0n) is 5.31. The molecule has 1 aromatic rings. The normalized spacial score (nSPS) is 9.18. The summed E-state index contributed by atoms with van der Waals surface area (Å²) in [5.74, 6) is -2.90. The van der Waals surface area contributed by atoms with Crippen molar-refractivity contribution in [1.29, 1.82) is 5.26 Å². The van der Waals surface area contributed by atoms with Gasteiger partial charge in [-0.2, -0.15) is 5.26 Å². The molecule has 0 aliphatic rings. The number of rotatable bonds is 0. The Morgan fingerprint density at radius 3 is 2.45 bits per heavy atom. The van der Waals surface area contributed by atoms with E-state index in [4.69, 9.17) is 10.4 Å². The van der Waals surface area contributed by atoms with E-state index in [1.54, 1.807) is 0 Å². The quantitative estimate of drug-likeness (QED) is 0.617. The van der Waals surface area contributed by atoms with Crippen molar-refractivity contribution in [3.8, 4) is 11.8 Å². The van der Waals surface area contributed by atoms with Crippen molar-refractivity contribution in [3.63, 3.8) is 0 Å². The SMILES string of the molecule is N#Cc1c(F)ccc(O)c1F. The average molecular weight is 155 g/mol. The second-order valence-electron chi connectivity index (χ2n) is 1.87. The smallest absolute Gasteiger partial charge is 0.185 e. The van der Waals surface area contributed by atoms with Gasteiger partial charge >= 0.3 is 0 Å². The van der Waals surface area contributed by atoms with Crippen LogP contribution in [0.2, 0.25) is 0 Å². The number of halogens is 2. The van der Waals surface area contributed by atoms with Crippen LogP contribution in [0.5, 0.6) is 5.75 Å². The highest BCUT2D eigenvalue weighted by atomic mass is 19.1. The van der Waals surface area contributed by atoms with Gasteiger partial charge in [-0.3, -0.25) is 0 Å². The Bertz CT molecular complexity index is 330. The van der Waals surface area contributed by atoms with E-state index in [2.05, 4.69) is 0 Å². The molecular formula is C7H3F2NO. The lowest BCUT2D eigenvalue weighted by Gasteiger charge is -1.96. The van der Waals surface area contributed by atoms with E-state index in [1.165, 1.54) is 6.07 Å². The maximum atomic E-state index is 12.6. The fourth-order valence-electron chi connectivity index (χ4n) is 0.644. The van der Waals surface area contributed by atoms with Crippen molar-refractivity contribution in [3.05, 3.63) is 29.3 Å². The molecule has 0 atom stereocenters. The maximum absolute atomic E-state index is 12.6. The number of phenols is 1. The number of aromatic hydroxyl groups is 1. The molecule has 0 aliphatic heterocycles. The minimum Gasteiger partial charge on any atom is -0.505 e. The molecular weight excluding hydrogens is 152 g/mol. The first-order chi connectivity index (χ1) is 5.16. The Morgan fingerprint density at radius 1 is 1.36 bits per heavy atom. The zero-order chi connectivity index (χ0) is 8.43. The molecule has 11 heavy (non-hydrogen) atoms. The van der Waals surface area contributed by atoms with Crippen LogP contribution in [-0.2, 0) is 0 Å². The number of nitrogens with zero attached hydrogens (tertiary/aromatic N) is 1. The van der Waals surface area contributed by atoms with Crippen LogP contribution >= 0.6 is 0 Å². The molecule has 0 amide bonds. The van der Waals surface area contributed by atoms with Crippen molar-refractivity contribution in [2.24, 2.45) is 0 Å². The third-order valence-electron chi connectivity index (χ3n) is 1.18. The topological polar surface area (TPSA) is 44.0 Å². The first-order valence-corrected chi connectivity index (χ1v) is 2.74. The lowest BCUT2D eigenvalue weighted by Crippen LogP contribution is -1.89. The second-order valence-corrected chi connectivity index (χ2v) is 1.87. The van der Waals surface area contributed by atoms with E-state index in [0.717, 1.165) is 12.1 Å². The Morgan fingerprint density at radius 2 is 2.00 bits per heavy atom. The highest BCUT2D eigenvalue weighted by Gasteiger charge is 2.11. The number of nitriles is 1. The molecule has 0 heterocycles. The van der Waals surface area contributed by atoms with Gasteiger partial charge in [-0.1, -0.05) is 0 Å². The van der Waals surface area contributed by atoms with Gasteiger partial charge < -0.3 is 5.11 Å². The van der Waals surface area contributed by atoms with Gasteiger partial charge in [0, 0.05) is 0 Å². The number of hydrogen-bond acceptors (Lipinski definition) is 2. The van der Waals surface area contributed by atoms with Gasteiger partial charge in [0.15, 0.2) is 11.6 Å². The monoisotopic (exact) mass is 155 g/mol. The van der Waals surface area contributed by atoms with E-state index in [9.17, 15) is 8.78 Å². The van der Waals surface area contributed by atoms with Crippen LogP contribution in [0.3, 0.4) is 0 Å². The summed E-state index contributed by atoms with van der Waals surface area (Å²) in [5.41, 5.74) is -0.759. The van der Waals surface area contributed by atoms with Crippen LogP contribution < -0.4 is 0 Å². The summed E-state index contributed by atoms with van der Waals surface area (Å²) < 4.78 is 25.0. The second kappa shape index (κ2) is 2.54. The van der Waals surface area contributed by atoms with Crippen molar-refractivity contribution in [2.45, 2.75) is 0 Å². The Hall–Kier alpha value is -1.63. The van der Waals surface area contributed by atoms with E-state index in [-0.39, 0.29) is 0 Å². The number of hydrogen-bond donors (Lipinski definition) is 1. The maximum Gasteiger partial charge on any atom is 0.185 e. The van der Waals surface area contributed by atoms with Gasteiger partial charge in [-0.15, -0.1) is 0 Å². The Kier molecular flexibility index (Phi) is 1.73. The van der Waals surface area contributed by atoms with Crippen LogP contribution in [0.1, 0.15) is 5.56 Å². The van der Waals surface area contributed by atoms with Gasteiger partial charge in [0.2, 0.25) is 0 Å². The number of benzene rings is 1. The van der Waals surface area contributed by atoms with Gasteiger partial charge in [0.05, 0.1) is 0 Å². The molecule has 0 saturated heterocycles. The standard InChI is InChI=1S/C7H3F2NO/c8-5-1-2-6(11)7(9)4(5)3-10/h1-2,11H. The van der Waals surface area contributed by atoms with Crippen LogP contribution in [-0.4, -0.2) is 5.11 Å². The summed E-state index contributed by atoms with van der Waals surface area (Å²) in [6.45, 7) is 0. The molecule has 0 unspecified atom stereocenters. The first kappa shape index (κ1) is 7.48. The zero-order valence-corrected chi connectivity index (χ0v) is 5.31. The summed E-state index contributed by atoms with van der Waals surface area (Å²) in [7, 11) is 0. The minimum atomic E-state index is -1.22. The van der Waals surface area contributed by atoms with E-state index >= 15 is 0 Å². The fourth-order valence-corrected chi connectivity index (χ4v) is 0.644. The average Bonchev–Trinajstić information content (AvgIpc) is 1.99. The fraction of sp³-hybridized carbons (Fsp3) is 0. The molecule has 0 radical (unpaired) electrons. The number of phenolic OH excluding ortho intramolecular Hbond substituents is 1. The van der Waals surface area contributed by atoms with Gasteiger partial charge in [-0.25, -0.2) is 8.78 Å². The molecule has 1 N–H and O–H groups in total. The summed E-state index contributed by atoms with van der Waals surface area (Å²) in [6.07, 6.45) is 0. The highest BCUT2D eigenvalue weighted by molar-refractivity contribution is 5.38. The summed E-state index contributed by atoms with van der Waals surface area (Å²) >= 11 is 0. The van der Waals surface area contributed by atoms with E-state index in [1.807, 2.05) is 0 Å². The predicted molar refractivity (Wildman–Crippen MR) is 32.7 cm³/mol. The van der Waals surface area contributed by atoms with Gasteiger partial charge in [-0.05, 0) is 12.1 Å². The molecule has 4 heteroatoms. The van der Waals surface area contributed by atoms with E-state index in [0.29, 0.717) is 0 Å². The molecule has 2 nitrogen and oxygen atoms in total. The lowest BCUT2D eigenvalue weighted by molar-refractivity contribution is 0.426. The molecule has 0 spiro atoms. The molecule has 0 bridgehead atoms. The minimum absolute atomic E-state index is 0.719. The summed E-state index contributed by atoms with van der Waals surface area (Å²) in [4.78, 5) is 0. The Balaban J connectivity index is 3.44. The van der Waals surface area contributed by atoms with Crippen LogP contribution in [0, 0.1) is 23.0 Å². The van der Waals surface area contributed by atoms with Gasteiger partial charge in [0.25, 0.3) is 0 Å². The third kappa shape index (κ3) is 1.13. The van der Waals surface area contributed by atoms with Crippen molar-refractivity contribution < 1.29 is 13.9 Å². The molecule has 0 fully saturated rings. The van der Waals surface area contributed by atoms with Crippen LogP contribution in [0.4, 0.5) is 8.78 Å². The third-order valence-corrected chi connectivity index (χ3v) is 1.18.